The van der Waals surface area contributed by atoms with Gasteiger partial charge >= 0.3 is 5.97 Å². The number of amides is 2. The molecule has 0 aromatic carbocycles. The van der Waals surface area contributed by atoms with Crippen LogP contribution in [0, 0.1) is 6.92 Å². The van der Waals surface area contributed by atoms with E-state index < -0.39 is 17.9 Å². The topological polar surface area (TPSA) is 113 Å². The summed E-state index contributed by atoms with van der Waals surface area (Å²) in [4.78, 5) is 35.8. The first kappa shape index (κ1) is 16.9. The van der Waals surface area contributed by atoms with Crippen LogP contribution in [-0.2, 0) is 16.6 Å². The monoisotopic (exact) mass is 338 g/mol. The van der Waals surface area contributed by atoms with Gasteiger partial charge in [0.25, 0.3) is 5.91 Å². The third-order valence-corrected chi connectivity index (χ3v) is 4.50. The number of nitrogens with zero attached hydrogens (tertiary/aromatic N) is 2. The van der Waals surface area contributed by atoms with Gasteiger partial charge in [-0.1, -0.05) is 0 Å². The van der Waals surface area contributed by atoms with Gasteiger partial charge in [0, 0.05) is 19.0 Å². The van der Waals surface area contributed by atoms with Crippen LogP contribution in [0.5, 0.6) is 0 Å². The number of aromatic nitrogens is 2. The highest BCUT2D eigenvalue weighted by Gasteiger charge is 2.19. The number of carbonyl (C=O) groups excluding carboxylic acids is 2. The summed E-state index contributed by atoms with van der Waals surface area (Å²) in [6.45, 7) is 3.45. The van der Waals surface area contributed by atoms with Crippen molar-refractivity contribution in [1.82, 2.24) is 20.4 Å². The smallest absolute Gasteiger partial charge is 0.305 e. The lowest BCUT2D eigenvalue weighted by molar-refractivity contribution is -0.137. The Morgan fingerprint density at radius 3 is 2.74 bits per heavy atom. The number of rotatable bonds is 6. The quantitative estimate of drug-likeness (QED) is 0.716. The molecule has 2 aromatic rings. The molecule has 0 aliphatic heterocycles. The number of hydrogen-bond donors (Lipinski definition) is 3. The van der Waals surface area contributed by atoms with Gasteiger partial charge in [0.1, 0.15) is 10.9 Å². The van der Waals surface area contributed by atoms with E-state index in [1.807, 2.05) is 14.0 Å². The molecule has 1 atom stereocenters. The van der Waals surface area contributed by atoms with Gasteiger partial charge in [0.2, 0.25) is 5.91 Å². The van der Waals surface area contributed by atoms with E-state index in [-0.39, 0.29) is 18.9 Å². The summed E-state index contributed by atoms with van der Waals surface area (Å²) in [7, 11) is 1.81. The number of carboxylic acid groups (broad SMARTS) is 1. The van der Waals surface area contributed by atoms with Crippen LogP contribution in [0.15, 0.2) is 6.07 Å². The van der Waals surface area contributed by atoms with Gasteiger partial charge < -0.3 is 15.7 Å². The van der Waals surface area contributed by atoms with Crippen LogP contribution >= 0.6 is 11.3 Å². The molecule has 0 spiro atoms. The Morgan fingerprint density at radius 1 is 1.43 bits per heavy atom. The molecule has 2 amide bonds. The first-order chi connectivity index (χ1) is 10.8. The minimum Gasteiger partial charge on any atom is -0.481 e. The number of thiophene rings is 1. The molecule has 0 aliphatic rings. The number of carboxylic acids is 1. The molecule has 2 heterocycles. The molecule has 2 aromatic heterocycles. The fourth-order valence-electron chi connectivity index (χ4n) is 2.10. The highest BCUT2D eigenvalue weighted by molar-refractivity contribution is 7.20. The van der Waals surface area contributed by atoms with Gasteiger partial charge in [-0.2, -0.15) is 5.10 Å². The van der Waals surface area contributed by atoms with E-state index in [1.54, 1.807) is 17.7 Å². The molecule has 0 saturated carbocycles. The van der Waals surface area contributed by atoms with E-state index in [1.165, 1.54) is 11.3 Å². The second-order valence-electron chi connectivity index (χ2n) is 5.17. The average molecular weight is 338 g/mol. The molecule has 1 unspecified atom stereocenters. The minimum absolute atomic E-state index is 0.0299. The van der Waals surface area contributed by atoms with E-state index in [4.69, 9.17) is 5.11 Å². The fourth-order valence-corrected chi connectivity index (χ4v) is 3.12. The second-order valence-corrected chi connectivity index (χ2v) is 6.20. The maximum atomic E-state index is 12.2. The Hall–Kier alpha value is -2.42. The van der Waals surface area contributed by atoms with Crippen LogP contribution in [0.3, 0.4) is 0 Å². The van der Waals surface area contributed by atoms with Crippen LogP contribution in [0.25, 0.3) is 10.2 Å². The van der Waals surface area contributed by atoms with Crippen molar-refractivity contribution in [2.75, 3.05) is 6.54 Å². The standard InChI is InChI=1S/C14H18N4O4S/c1-7-9-6-10(23-14(9)18(3)17-7)13(22)16-8(2)12(21)15-5-4-11(19)20/h6,8H,4-5H2,1-3H3,(H,15,21)(H,16,22)(H,19,20). The number of nitrogens with one attached hydrogen (secondary N) is 2. The van der Waals surface area contributed by atoms with E-state index in [2.05, 4.69) is 15.7 Å². The lowest BCUT2D eigenvalue weighted by Crippen LogP contribution is -2.45. The molecule has 9 heteroatoms. The van der Waals surface area contributed by atoms with Crippen molar-refractivity contribution in [3.63, 3.8) is 0 Å². The highest BCUT2D eigenvalue weighted by atomic mass is 32.1. The summed E-state index contributed by atoms with van der Waals surface area (Å²) in [5.41, 5.74) is 0.845. The van der Waals surface area contributed by atoms with Crippen LogP contribution in [0.1, 0.15) is 28.7 Å². The van der Waals surface area contributed by atoms with Crippen molar-refractivity contribution in [1.29, 1.82) is 0 Å². The lowest BCUT2D eigenvalue weighted by Gasteiger charge is -2.13. The first-order valence-electron chi connectivity index (χ1n) is 7.03. The molecular weight excluding hydrogens is 320 g/mol. The number of hydrogen-bond acceptors (Lipinski definition) is 5. The normalized spacial score (nSPS) is 12.1. The molecule has 2 rings (SSSR count). The number of fused-ring (bicyclic) bond motifs is 1. The van der Waals surface area contributed by atoms with E-state index in [9.17, 15) is 14.4 Å². The van der Waals surface area contributed by atoms with Crippen molar-refractivity contribution in [2.45, 2.75) is 26.3 Å². The Balaban J connectivity index is 1.98. The molecule has 0 radical (unpaired) electrons. The summed E-state index contributed by atoms with van der Waals surface area (Å²) in [5.74, 6) is -1.75. The molecule has 0 fully saturated rings. The summed E-state index contributed by atoms with van der Waals surface area (Å²) >= 11 is 1.31. The van der Waals surface area contributed by atoms with Crippen LogP contribution in [-0.4, -0.2) is 45.3 Å². The zero-order valence-corrected chi connectivity index (χ0v) is 13.9. The van der Waals surface area contributed by atoms with Gasteiger partial charge in [0.05, 0.1) is 17.0 Å². The molecule has 23 heavy (non-hydrogen) atoms. The zero-order valence-electron chi connectivity index (χ0n) is 13.0. The molecule has 0 aliphatic carbocycles. The molecular formula is C14H18N4O4S. The Labute approximate surface area is 136 Å². The fraction of sp³-hybridized carbons (Fsp3) is 0.429. The zero-order chi connectivity index (χ0) is 17.1. The summed E-state index contributed by atoms with van der Waals surface area (Å²) in [6, 6.07) is 1.01. The molecule has 124 valence electrons. The van der Waals surface area contributed by atoms with Crippen molar-refractivity contribution in [3.05, 3.63) is 16.6 Å². The van der Waals surface area contributed by atoms with E-state index >= 15 is 0 Å². The van der Waals surface area contributed by atoms with Gasteiger partial charge in [0.15, 0.2) is 0 Å². The molecule has 0 bridgehead atoms. The number of aliphatic carboxylic acids is 1. The summed E-state index contributed by atoms with van der Waals surface area (Å²) < 4.78 is 1.72. The maximum absolute atomic E-state index is 12.2. The molecule has 0 saturated heterocycles. The summed E-state index contributed by atoms with van der Waals surface area (Å²) in [5, 5.41) is 18.8. The van der Waals surface area contributed by atoms with Crippen molar-refractivity contribution in [3.8, 4) is 0 Å². The van der Waals surface area contributed by atoms with Crippen molar-refractivity contribution in [2.24, 2.45) is 7.05 Å². The number of aryl methyl sites for hydroxylation is 2. The van der Waals surface area contributed by atoms with Crippen molar-refractivity contribution >= 4 is 39.3 Å². The Bertz CT molecular complexity index is 730. The second kappa shape index (κ2) is 6.78. The maximum Gasteiger partial charge on any atom is 0.305 e. The Morgan fingerprint density at radius 2 is 2.13 bits per heavy atom. The van der Waals surface area contributed by atoms with Gasteiger partial charge in [-0.25, -0.2) is 0 Å². The van der Waals surface area contributed by atoms with Gasteiger partial charge in [-0.15, -0.1) is 11.3 Å². The van der Waals surface area contributed by atoms with Crippen LogP contribution < -0.4 is 10.6 Å². The Kier molecular flexibility index (Phi) is 4.99. The van der Waals surface area contributed by atoms with Crippen LogP contribution in [0.4, 0.5) is 0 Å². The predicted octanol–water partition coefficient (Wildman–Crippen LogP) is 0.652. The lowest BCUT2D eigenvalue weighted by atomic mass is 10.2. The van der Waals surface area contributed by atoms with Gasteiger partial charge in [-0.05, 0) is 19.9 Å². The largest absolute Gasteiger partial charge is 0.481 e. The predicted molar refractivity (Wildman–Crippen MR) is 85.5 cm³/mol. The average Bonchev–Trinajstić information content (AvgIpc) is 3.01. The number of carbonyl (C=O) groups is 3. The molecule has 8 nitrogen and oxygen atoms in total. The molecule has 3 N–H and O–H groups in total. The SMILES string of the molecule is Cc1nn(C)c2sc(C(=O)NC(C)C(=O)NCCC(=O)O)cc12. The third kappa shape index (κ3) is 3.86. The first-order valence-corrected chi connectivity index (χ1v) is 7.84. The highest BCUT2D eigenvalue weighted by Crippen LogP contribution is 2.27. The van der Waals surface area contributed by atoms with E-state index in [0.717, 1.165) is 15.9 Å². The van der Waals surface area contributed by atoms with Crippen molar-refractivity contribution < 1.29 is 19.5 Å². The van der Waals surface area contributed by atoms with Crippen LogP contribution in [0.2, 0.25) is 0 Å². The minimum atomic E-state index is -0.990. The summed E-state index contributed by atoms with van der Waals surface area (Å²) in [6.07, 6.45) is -0.158. The van der Waals surface area contributed by atoms with E-state index in [0.29, 0.717) is 4.88 Å². The van der Waals surface area contributed by atoms with Gasteiger partial charge in [-0.3, -0.25) is 19.1 Å². The third-order valence-electron chi connectivity index (χ3n) is 3.30.